The first-order valence-electron chi connectivity index (χ1n) is 10.3. The van der Waals surface area contributed by atoms with Gasteiger partial charge in [0, 0.05) is 54.7 Å². The van der Waals surface area contributed by atoms with E-state index in [1.54, 1.807) is 16.8 Å². The Bertz CT molecular complexity index is 781. The molecule has 2 aromatic rings. The number of hydrogen-bond donors (Lipinski definition) is 1. The van der Waals surface area contributed by atoms with Gasteiger partial charge in [-0.2, -0.15) is 0 Å². The van der Waals surface area contributed by atoms with E-state index in [0.717, 1.165) is 25.6 Å². The molecule has 0 spiro atoms. The number of hydrogen-bond acceptors (Lipinski definition) is 7. The lowest BCUT2D eigenvalue weighted by molar-refractivity contribution is -0.0715. The normalized spacial score (nSPS) is 30.7. The Morgan fingerprint density at radius 2 is 2.18 bits per heavy atom. The highest BCUT2D eigenvalue weighted by Crippen LogP contribution is 2.41. The van der Waals surface area contributed by atoms with E-state index in [-0.39, 0.29) is 5.91 Å². The van der Waals surface area contributed by atoms with E-state index < -0.39 is 0 Å². The van der Waals surface area contributed by atoms with Gasteiger partial charge < -0.3 is 5.32 Å². The second kappa shape index (κ2) is 8.18. The summed E-state index contributed by atoms with van der Waals surface area (Å²) in [6, 6.07) is 1.11. The third-order valence-corrected chi connectivity index (χ3v) is 8.05. The Hall–Kier alpha value is -1.35. The highest BCUT2D eigenvalue weighted by atomic mass is 32.1. The van der Waals surface area contributed by atoms with Gasteiger partial charge in [0.25, 0.3) is 5.91 Å². The van der Waals surface area contributed by atoms with Crippen LogP contribution in [0.15, 0.2) is 22.6 Å². The quantitative estimate of drug-likeness (QED) is 0.811. The molecule has 3 fully saturated rings. The van der Waals surface area contributed by atoms with Crippen molar-refractivity contribution in [1.29, 1.82) is 0 Å². The summed E-state index contributed by atoms with van der Waals surface area (Å²) in [6.45, 7) is 5.26. The summed E-state index contributed by atoms with van der Waals surface area (Å²) < 4.78 is 0. The summed E-state index contributed by atoms with van der Waals surface area (Å²) in [5.41, 5.74) is 4.20. The number of likely N-dealkylation sites (tertiary alicyclic amines) is 1. The number of carbonyl (C=O) groups excluding carboxylic acids is 1. The Morgan fingerprint density at radius 1 is 1.25 bits per heavy atom. The van der Waals surface area contributed by atoms with Crippen molar-refractivity contribution in [2.45, 2.75) is 44.3 Å². The SMILES string of the molecule is O=C(NC[C@H]1[C@H]2C[C@H](CN(Cc3cncs3)C2)[C@@H]2CCCCN21)c1cscn1. The summed E-state index contributed by atoms with van der Waals surface area (Å²) in [7, 11) is 0. The van der Waals surface area contributed by atoms with Crippen LogP contribution in [0.25, 0.3) is 0 Å². The topological polar surface area (TPSA) is 61.4 Å². The van der Waals surface area contributed by atoms with Crippen LogP contribution in [-0.4, -0.2) is 63.9 Å². The van der Waals surface area contributed by atoms with E-state index in [9.17, 15) is 4.79 Å². The van der Waals surface area contributed by atoms with Gasteiger partial charge in [0.15, 0.2) is 0 Å². The maximum absolute atomic E-state index is 12.5. The smallest absolute Gasteiger partial charge is 0.270 e. The predicted octanol–water partition coefficient (Wildman–Crippen LogP) is 2.70. The molecule has 2 bridgehead atoms. The number of nitrogens with zero attached hydrogens (tertiary/aromatic N) is 4. The second-order valence-corrected chi connectivity index (χ2v) is 10.1. The highest BCUT2D eigenvalue weighted by Gasteiger charge is 2.47. The monoisotopic (exact) mass is 417 g/mol. The fourth-order valence-electron chi connectivity index (χ4n) is 5.57. The number of piperidine rings is 3. The zero-order chi connectivity index (χ0) is 18.9. The van der Waals surface area contributed by atoms with Crippen LogP contribution in [0.1, 0.15) is 41.0 Å². The molecule has 1 amide bonds. The molecule has 8 heteroatoms. The van der Waals surface area contributed by atoms with Gasteiger partial charge in [0.05, 0.1) is 11.0 Å². The number of fused-ring (bicyclic) bond motifs is 4. The second-order valence-electron chi connectivity index (χ2n) is 8.37. The average molecular weight is 418 g/mol. The number of rotatable bonds is 5. The van der Waals surface area contributed by atoms with E-state index in [1.165, 1.54) is 55.0 Å². The molecular weight excluding hydrogens is 390 g/mol. The Labute approximate surface area is 174 Å². The van der Waals surface area contributed by atoms with Crippen molar-refractivity contribution in [3.63, 3.8) is 0 Å². The fourth-order valence-corrected chi connectivity index (χ4v) is 6.74. The molecule has 0 unspecified atom stereocenters. The van der Waals surface area contributed by atoms with Crippen molar-refractivity contribution in [3.8, 4) is 0 Å². The molecule has 4 atom stereocenters. The van der Waals surface area contributed by atoms with Gasteiger partial charge >= 0.3 is 0 Å². The molecule has 5 heterocycles. The van der Waals surface area contributed by atoms with Gasteiger partial charge in [-0.1, -0.05) is 6.42 Å². The molecular formula is C20H27N5OS2. The van der Waals surface area contributed by atoms with Crippen LogP contribution in [0.4, 0.5) is 0 Å². The lowest BCUT2D eigenvalue weighted by Gasteiger charge is -2.56. The Morgan fingerprint density at radius 3 is 3.00 bits per heavy atom. The minimum Gasteiger partial charge on any atom is -0.349 e. The fraction of sp³-hybridized carbons (Fsp3) is 0.650. The van der Waals surface area contributed by atoms with Crippen molar-refractivity contribution in [2.75, 3.05) is 26.2 Å². The van der Waals surface area contributed by atoms with E-state index in [0.29, 0.717) is 23.7 Å². The zero-order valence-electron chi connectivity index (χ0n) is 16.0. The average Bonchev–Trinajstić information content (AvgIpc) is 3.42. The lowest BCUT2D eigenvalue weighted by Crippen LogP contribution is -2.65. The lowest BCUT2D eigenvalue weighted by atomic mass is 9.72. The third kappa shape index (κ3) is 3.75. The zero-order valence-corrected chi connectivity index (χ0v) is 17.6. The van der Waals surface area contributed by atoms with Crippen LogP contribution in [0, 0.1) is 11.8 Å². The minimum atomic E-state index is -0.0331. The Kier molecular flexibility index (Phi) is 5.45. The molecule has 6 nitrogen and oxygen atoms in total. The first-order valence-corrected chi connectivity index (χ1v) is 12.1. The molecule has 3 aliphatic rings. The molecule has 1 N–H and O–H groups in total. The summed E-state index contributed by atoms with van der Waals surface area (Å²) >= 11 is 3.23. The van der Waals surface area contributed by atoms with Gasteiger partial charge in [-0.05, 0) is 37.6 Å². The molecule has 3 saturated heterocycles. The number of thiazole rings is 2. The van der Waals surface area contributed by atoms with Gasteiger partial charge in [-0.25, -0.2) is 4.98 Å². The number of amides is 1. The summed E-state index contributed by atoms with van der Waals surface area (Å²) in [5, 5.41) is 5.02. The highest BCUT2D eigenvalue weighted by molar-refractivity contribution is 7.09. The molecule has 0 radical (unpaired) electrons. The molecule has 28 heavy (non-hydrogen) atoms. The van der Waals surface area contributed by atoms with Gasteiger partial charge in [-0.15, -0.1) is 22.7 Å². The first-order chi connectivity index (χ1) is 13.8. The van der Waals surface area contributed by atoms with Gasteiger partial charge in [-0.3, -0.25) is 19.6 Å². The minimum absolute atomic E-state index is 0.0331. The van der Waals surface area contributed by atoms with Crippen molar-refractivity contribution < 1.29 is 4.79 Å². The van der Waals surface area contributed by atoms with E-state index >= 15 is 0 Å². The van der Waals surface area contributed by atoms with Crippen LogP contribution in [-0.2, 0) is 6.54 Å². The van der Waals surface area contributed by atoms with Crippen molar-refractivity contribution >= 4 is 28.6 Å². The maximum atomic E-state index is 12.5. The molecule has 3 aliphatic heterocycles. The Balaban J connectivity index is 1.30. The molecule has 5 rings (SSSR count). The maximum Gasteiger partial charge on any atom is 0.270 e. The van der Waals surface area contributed by atoms with Crippen LogP contribution in [0.2, 0.25) is 0 Å². The van der Waals surface area contributed by atoms with Crippen LogP contribution in [0.5, 0.6) is 0 Å². The number of carbonyl (C=O) groups is 1. The molecule has 0 aliphatic carbocycles. The van der Waals surface area contributed by atoms with E-state index in [2.05, 4.69) is 25.1 Å². The van der Waals surface area contributed by atoms with E-state index in [1.807, 2.05) is 17.1 Å². The molecule has 150 valence electrons. The third-order valence-electron chi connectivity index (χ3n) is 6.70. The molecule has 0 saturated carbocycles. The summed E-state index contributed by atoms with van der Waals surface area (Å²) in [5.74, 6) is 1.35. The van der Waals surface area contributed by atoms with Crippen molar-refractivity contribution in [1.82, 2.24) is 25.1 Å². The standard InChI is InChI=1S/C20H27N5OS2/c26-20(17-11-27-13-23-17)22-7-19-15-5-14(18-3-1-2-4-25(18)19)8-24(9-15)10-16-6-21-12-28-16/h6,11-15,18-19H,1-5,7-10H2,(H,22,26)/t14-,15+,18+,19+/m1/s1. The summed E-state index contributed by atoms with van der Waals surface area (Å²) in [4.78, 5) is 27.6. The number of aromatic nitrogens is 2. The summed E-state index contributed by atoms with van der Waals surface area (Å²) in [6.07, 6.45) is 7.25. The van der Waals surface area contributed by atoms with Crippen molar-refractivity contribution in [3.05, 3.63) is 33.2 Å². The van der Waals surface area contributed by atoms with Crippen LogP contribution < -0.4 is 5.32 Å². The van der Waals surface area contributed by atoms with Crippen molar-refractivity contribution in [2.24, 2.45) is 11.8 Å². The predicted molar refractivity (Wildman–Crippen MR) is 112 cm³/mol. The van der Waals surface area contributed by atoms with Gasteiger partial charge in [0.2, 0.25) is 0 Å². The largest absolute Gasteiger partial charge is 0.349 e. The van der Waals surface area contributed by atoms with Gasteiger partial charge in [0.1, 0.15) is 5.69 Å². The van der Waals surface area contributed by atoms with Crippen LogP contribution in [0.3, 0.4) is 0 Å². The number of nitrogens with one attached hydrogen (secondary N) is 1. The molecule has 0 aromatic carbocycles. The van der Waals surface area contributed by atoms with Crippen LogP contribution >= 0.6 is 22.7 Å². The molecule has 2 aromatic heterocycles. The van der Waals surface area contributed by atoms with E-state index in [4.69, 9.17) is 0 Å². The first kappa shape index (κ1) is 18.7.